The summed E-state index contributed by atoms with van der Waals surface area (Å²) in [7, 11) is 3.09. The van der Waals surface area contributed by atoms with Crippen LogP contribution in [0, 0.1) is 0 Å². The minimum absolute atomic E-state index is 0.0859. The molecule has 0 saturated heterocycles. The van der Waals surface area contributed by atoms with E-state index < -0.39 is 0 Å². The first-order valence-electron chi connectivity index (χ1n) is 9.21. The summed E-state index contributed by atoms with van der Waals surface area (Å²) >= 11 is 1.24. The van der Waals surface area contributed by atoms with Gasteiger partial charge in [0, 0.05) is 12.6 Å². The van der Waals surface area contributed by atoms with Gasteiger partial charge in [-0.2, -0.15) is 0 Å². The monoisotopic (exact) mass is 413 g/mol. The van der Waals surface area contributed by atoms with Gasteiger partial charge >= 0.3 is 0 Å². The number of carbonyl (C=O) groups is 1. The smallest absolute Gasteiger partial charge is 0.262 e. The van der Waals surface area contributed by atoms with Gasteiger partial charge in [0.05, 0.1) is 36.6 Å². The molecule has 0 spiro atoms. The summed E-state index contributed by atoms with van der Waals surface area (Å²) in [6.07, 6.45) is 0.794. The molecule has 29 heavy (non-hydrogen) atoms. The van der Waals surface area contributed by atoms with Crippen molar-refractivity contribution in [2.75, 3.05) is 25.3 Å². The summed E-state index contributed by atoms with van der Waals surface area (Å²) in [6.45, 7) is 2.55. The van der Waals surface area contributed by atoms with Gasteiger partial charge in [-0.05, 0) is 30.7 Å². The van der Waals surface area contributed by atoms with Crippen molar-refractivity contribution in [2.24, 2.45) is 0 Å². The first-order valence-corrected chi connectivity index (χ1v) is 10.2. The zero-order chi connectivity index (χ0) is 20.8. The van der Waals surface area contributed by atoms with Gasteiger partial charge in [-0.15, -0.1) is 0 Å². The number of ether oxygens (including phenoxy) is 2. The Morgan fingerprint density at radius 1 is 1.17 bits per heavy atom. The van der Waals surface area contributed by atoms with E-state index in [-0.39, 0.29) is 17.2 Å². The lowest BCUT2D eigenvalue weighted by Crippen LogP contribution is -2.24. The Labute approximate surface area is 173 Å². The molecule has 0 fully saturated rings. The van der Waals surface area contributed by atoms with Crippen LogP contribution < -0.4 is 20.3 Å². The van der Waals surface area contributed by atoms with Crippen LogP contribution in [0.4, 0.5) is 5.69 Å². The molecule has 1 aromatic heterocycles. The molecule has 0 bridgehead atoms. The van der Waals surface area contributed by atoms with Gasteiger partial charge in [-0.3, -0.25) is 14.2 Å². The molecule has 152 valence electrons. The number of carbonyl (C=O) groups excluding carboxylic acids is 1. The van der Waals surface area contributed by atoms with Crippen LogP contribution >= 0.6 is 11.8 Å². The van der Waals surface area contributed by atoms with Crippen molar-refractivity contribution in [1.82, 2.24) is 9.55 Å². The number of nitrogens with one attached hydrogen (secondary N) is 1. The van der Waals surface area contributed by atoms with Gasteiger partial charge in [-0.25, -0.2) is 4.98 Å². The Hall–Kier alpha value is -3.00. The fourth-order valence-corrected chi connectivity index (χ4v) is 3.72. The maximum absolute atomic E-state index is 12.8. The molecule has 1 heterocycles. The number of anilines is 1. The Kier molecular flexibility index (Phi) is 6.77. The molecule has 2 aromatic carbocycles. The van der Waals surface area contributed by atoms with Crippen LogP contribution in [0.5, 0.6) is 11.5 Å². The molecule has 0 aliphatic rings. The van der Waals surface area contributed by atoms with Crippen molar-refractivity contribution in [3.63, 3.8) is 0 Å². The Morgan fingerprint density at radius 2 is 1.97 bits per heavy atom. The number of para-hydroxylation sites is 1. The molecule has 0 aliphatic heterocycles. The quantitative estimate of drug-likeness (QED) is 0.449. The Bertz CT molecular complexity index is 1080. The number of amides is 1. The fourth-order valence-electron chi connectivity index (χ4n) is 2.90. The molecule has 1 N–H and O–H groups in total. The Morgan fingerprint density at radius 3 is 2.69 bits per heavy atom. The third-order valence-corrected chi connectivity index (χ3v) is 5.27. The number of fused-ring (bicyclic) bond motifs is 1. The van der Waals surface area contributed by atoms with Crippen molar-refractivity contribution in [3.05, 3.63) is 52.8 Å². The predicted octanol–water partition coefficient (Wildman–Crippen LogP) is 3.55. The van der Waals surface area contributed by atoms with Crippen molar-refractivity contribution in [3.8, 4) is 11.5 Å². The predicted molar refractivity (Wildman–Crippen MR) is 115 cm³/mol. The Balaban J connectivity index is 1.79. The summed E-state index contributed by atoms with van der Waals surface area (Å²) in [5, 5.41) is 3.95. The first kappa shape index (κ1) is 20.7. The lowest BCUT2D eigenvalue weighted by Gasteiger charge is -2.13. The first-order chi connectivity index (χ1) is 14.1. The average Bonchev–Trinajstić information content (AvgIpc) is 2.75. The highest BCUT2D eigenvalue weighted by atomic mass is 32.2. The molecule has 3 aromatic rings. The van der Waals surface area contributed by atoms with E-state index in [2.05, 4.69) is 10.3 Å². The van der Waals surface area contributed by atoms with Crippen molar-refractivity contribution in [2.45, 2.75) is 25.0 Å². The van der Waals surface area contributed by atoms with Crippen LogP contribution in [0.25, 0.3) is 10.9 Å². The lowest BCUT2D eigenvalue weighted by molar-refractivity contribution is -0.113. The van der Waals surface area contributed by atoms with Crippen LogP contribution in [0.3, 0.4) is 0 Å². The highest BCUT2D eigenvalue weighted by Crippen LogP contribution is 2.29. The summed E-state index contributed by atoms with van der Waals surface area (Å²) in [5.74, 6) is 1.04. The van der Waals surface area contributed by atoms with Crippen LogP contribution in [0.2, 0.25) is 0 Å². The van der Waals surface area contributed by atoms with E-state index in [0.717, 1.165) is 6.42 Å². The van der Waals surface area contributed by atoms with Crippen molar-refractivity contribution >= 4 is 34.3 Å². The number of rotatable bonds is 8. The molecule has 3 rings (SSSR count). The van der Waals surface area contributed by atoms with E-state index in [0.29, 0.717) is 39.8 Å². The van der Waals surface area contributed by atoms with E-state index in [1.165, 1.54) is 18.9 Å². The third-order valence-electron chi connectivity index (χ3n) is 4.29. The fraction of sp³-hybridized carbons (Fsp3) is 0.286. The zero-order valence-corrected chi connectivity index (χ0v) is 17.4. The summed E-state index contributed by atoms with van der Waals surface area (Å²) in [6, 6.07) is 12.4. The summed E-state index contributed by atoms with van der Waals surface area (Å²) in [4.78, 5) is 29.9. The second kappa shape index (κ2) is 9.47. The lowest BCUT2D eigenvalue weighted by atomic mass is 10.2. The molecule has 0 radical (unpaired) electrons. The summed E-state index contributed by atoms with van der Waals surface area (Å²) < 4.78 is 12.1. The normalized spacial score (nSPS) is 10.7. The number of hydrogen-bond acceptors (Lipinski definition) is 6. The van der Waals surface area contributed by atoms with Crippen LogP contribution in [0.15, 0.2) is 52.4 Å². The second-order valence-corrected chi connectivity index (χ2v) is 7.21. The molecule has 8 heteroatoms. The maximum Gasteiger partial charge on any atom is 0.262 e. The number of aromatic nitrogens is 2. The van der Waals surface area contributed by atoms with Gasteiger partial charge in [0.1, 0.15) is 11.5 Å². The van der Waals surface area contributed by atoms with Crippen molar-refractivity contribution < 1.29 is 14.3 Å². The van der Waals surface area contributed by atoms with Gasteiger partial charge in [0.25, 0.3) is 5.56 Å². The number of hydrogen-bond donors (Lipinski definition) is 1. The van der Waals surface area contributed by atoms with E-state index in [1.807, 2.05) is 19.1 Å². The highest BCUT2D eigenvalue weighted by Gasteiger charge is 2.14. The largest absolute Gasteiger partial charge is 0.497 e. The number of methoxy groups -OCH3 is 2. The van der Waals surface area contributed by atoms with E-state index in [1.54, 1.807) is 42.0 Å². The third kappa shape index (κ3) is 4.71. The van der Waals surface area contributed by atoms with Crippen molar-refractivity contribution in [1.29, 1.82) is 0 Å². The molecule has 7 nitrogen and oxygen atoms in total. The highest BCUT2D eigenvalue weighted by molar-refractivity contribution is 7.99. The maximum atomic E-state index is 12.8. The molecular weight excluding hydrogens is 390 g/mol. The second-order valence-electron chi connectivity index (χ2n) is 6.27. The van der Waals surface area contributed by atoms with E-state index in [4.69, 9.17) is 9.47 Å². The topological polar surface area (TPSA) is 82.5 Å². The van der Waals surface area contributed by atoms with Crippen LogP contribution in [0.1, 0.15) is 13.3 Å². The number of thioether (sulfide) groups is 1. The zero-order valence-electron chi connectivity index (χ0n) is 16.6. The standard InChI is InChI=1S/C21H23N3O4S/c1-4-11-24-20(26)15-7-5-6-8-16(15)23-21(24)29-13-19(25)22-17-10-9-14(27-2)12-18(17)28-3/h5-10,12H,4,11,13H2,1-3H3,(H,22,25). The molecule has 0 saturated carbocycles. The van der Waals surface area contributed by atoms with Gasteiger partial charge in [0.2, 0.25) is 5.91 Å². The van der Waals surface area contributed by atoms with Gasteiger partial charge in [0.15, 0.2) is 5.16 Å². The minimum Gasteiger partial charge on any atom is -0.497 e. The molecule has 0 atom stereocenters. The van der Waals surface area contributed by atoms with Crippen LogP contribution in [-0.2, 0) is 11.3 Å². The van der Waals surface area contributed by atoms with Crippen LogP contribution in [-0.4, -0.2) is 35.4 Å². The van der Waals surface area contributed by atoms with Gasteiger partial charge in [-0.1, -0.05) is 30.8 Å². The minimum atomic E-state index is -0.219. The number of benzene rings is 2. The molecular formula is C21H23N3O4S. The molecule has 0 unspecified atom stereocenters. The SMILES string of the molecule is CCCn1c(SCC(=O)Nc2ccc(OC)cc2OC)nc2ccccc2c1=O. The number of nitrogens with zero attached hydrogens (tertiary/aromatic N) is 2. The summed E-state index contributed by atoms with van der Waals surface area (Å²) in [5.41, 5.74) is 1.10. The van der Waals surface area contributed by atoms with E-state index >= 15 is 0 Å². The average molecular weight is 413 g/mol. The molecule has 0 aliphatic carbocycles. The molecule has 1 amide bonds. The van der Waals surface area contributed by atoms with Gasteiger partial charge < -0.3 is 14.8 Å². The van der Waals surface area contributed by atoms with E-state index in [9.17, 15) is 9.59 Å².